The van der Waals surface area contributed by atoms with Crippen molar-refractivity contribution in [1.82, 2.24) is 14.7 Å². The van der Waals surface area contributed by atoms with Crippen molar-refractivity contribution in [2.24, 2.45) is 0 Å². The second kappa shape index (κ2) is 3.10. The molecule has 13 heavy (non-hydrogen) atoms. The molecular weight excluding hydrogens is 169 g/mol. The minimum Gasteiger partial charge on any atom is -0.293 e. The zero-order valence-electron chi connectivity index (χ0n) is 8.00. The van der Waals surface area contributed by atoms with E-state index in [0.29, 0.717) is 12.6 Å². The van der Waals surface area contributed by atoms with Gasteiger partial charge < -0.3 is 0 Å². The summed E-state index contributed by atoms with van der Waals surface area (Å²) in [5.74, 6) is -0.176. The first-order chi connectivity index (χ1) is 6.18. The molecule has 0 spiro atoms. The molecule has 0 unspecified atom stereocenters. The Balaban J connectivity index is 2.22. The van der Waals surface area contributed by atoms with Crippen LogP contribution in [0.15, 0.2) is 6.20 Å². The fourth-order valence-electron chi connectivity index (χ4n) is 1.67. The van der Waals surface area contributed by atoms with Crippen LogP contribution < -0.4 is 0 Å². The van der Waals surface area contributed by atoms with Crippen molar-refractivity contribution < 1.29 is 4.39 Å². The maximum Gasteiger partial charge on any atom is 0.165 e. The molecule has 0 radical (unpaired) electrons. The van der Waals surface area contributed by atoms with Crippen LogP contribution in [0, 0.1) is 5.82 Å². The molecule has 0 aromatic carbocycles. The molecule has 0 saturated carbocycles. The van der Waals surface area contributed by atoms with Crippen LogP contribution in [-0.2, 0) is 13.1 Å². The smallest absolute Gasteiger partial charge is 0.165 e. The van der Waals surface area contributed by atoms with Gasteiger partial charge in [0.15, 0.2) is 5.82 Å². The molecule has 0 fully saturated rings. The van der Waals surface area contributed by atoms with Crippen molar-refractivity contribution >= 4 is 0 Å². The molecule has 2 rings (SSSR count). The van der Waals surface area contributed by atoms with Crippen LogP contribution in [0.5, 0.6) is 0 Å². The summed E-state index contributed by atoms with van der Waals surface area (Å²) in [7, 11) is 0. The fourth-order valence-corrected chi connectivity index (χ4v) is 1.67. The quantitative estimate of drug-likeness (QED) is 0.653. The number of nitrogens with zero attached hydrogens (tertiary/aromatic N) is 3. The largest absolute Gasteiger partial charge is 0.293 e. The van der Waals surface area contributed by atoms with Crippen LogP contribution in [0.4, 0.5) is 4.39 Å². The van der Waals surface area contributed by atoms with Crippen molar-refractivity contribution in [1.29, 1.82) is 0 Å². The molecule has 0 amide bonds. The standard InChI is InChI=1S/C9H14FN3/c1-7(2)12-3-4-13-9(6-12)8(10)5-11-13/h5,7H,3-4,6H2,1-2H3. The van der Waals surface area contributed by atoms with E-state index >= 15 is 0 Å². The summed E-state index contributed by atoms with van der Waals surface area (Å²) in [5, 5.41) is 3.97. The van der Waals surface area contributed by atoms with Gasteiger partial charge in [0.2, 0.25) is 0 Å². The van der Waals surface area contributed by atoms with E-state index in [9.17, 15) is 4.39 Å². The number of fused-ring (bicyclic) bond motifs is 1. The van der Waals surface area contributed by atoms with E-state index in [-0.39, 0.29) is 5.82 Å². The average molecular weight is 183 g/mol. The maximum atomic E-state index is 13.2. The van der Waals surface area contributed by atoms with Gasteiger partial charge in [0.25, 0.3) is 0 Å². The molecule has 1 aliphatic rings. The van der Waals surface area contributed by atoms with Gasteiger partial charge in [-0.25, -0.2) is 4.39 Å². The van der Waals surface area contributed by atoms with E-state index in [4.69, 9.17) is 0 Å². The van der Waals surface area contributed by atoms with Crippen LogP contribution in [0.25, 0.3) is 0 Å². The van der Waals surface area contributed by atoms with Crippen LogP contribution in [-0.4, -0.2) is 27.3 Å². The lowest BCUT2D eigenvalue weighted by molar-refractivity contribution is 0.167. The fraction of sp³-hybridized carbons (Fsp3) is 0.667. The van der Waals surface area contributed by atoms with Crippen molar-refractivity contribution in [2.45, 2.75) is 33.0 Å². The number of halogens is 1. The number of aromatic nitrogens is 2. The lowest BCUT2D eigenvalue weighted by atomic mass is 10.2. The molecule has 0 aliphatic carbocycles. The Labute approximate surface area is 77.1 Å². The Morgan fingerprint density at radius 1 is 1.46 bits per heavy atom. The van der Waals surface area contributed by atoms with Crippen molar-refractivity contribution in [2.75, 3.05) is 6.54 Å². The first kappa shape index (κ1) is 8.69. The van der Waals surface area contributed by atoms with Crippen molar-refractivity contribution in [3.8, 4) is 0 Å². The van der Waals surface area contributed by atoms with Gasteiger partial charge in [-0.3, -0.25) is 9.58 Å². The highest BCUT2D eigenvalue weighted by Gasteiger charge is 2.21. The van der Waals surface area contributed by atoms with Gasteiger partial charge in [-0.05, 0) is 13.8 Å². The van der Waals surface area contributed by atoms with E-state index in [2.05, 4.69) is 23.8 Å². The highest BCUT2D eigenvalue weighted by atomic mass is 19.1. The second-order valence-corrected chi connectivity index (χ2v) is 3.73. The molecule has 0 saturated heterocycles. The third kappa shape index (κ3) is 1.46. The number of rotatable bonds is 1. The summed E-state index contributed by atoms with van der Waals surface area (Å²) in [6.07, 6.45) is 1.30. The summed E-state index contributed by atoms with van der Waals surface area (Å²) in [6, 6.07) is 0.475. The van der Waals surface area contributed by atoms with E-state index in [0.717, 1.165) is 18.8 Å². The SMILES string of the molecule is CC(C)N1CCn2ncc(F)c2C1. The van der Waals surface area contributed by atoms with Crippen LogP contribution >= 0.6 is 0 Å². The zero-order chi connectivity index (χ0) is 9.42. The lowest BCUT2D eigenvalue weighted by Gasteiger charge is -2.30. The third-order valence-corrected chi connectivity index (χ3v) is 2.58. The van der Waals surface area contributed by atoms with Gasteiger partial charge in [0.05, 0.1) is 18.4 Å². The highest BCUT2D eigenvalue weighted by molar-refractivity contribution is 5.06. The highest BCUT2D eigenvalue weighted by Crippen LogP contribution is 2.16. The Hall–Kier alpha value is -0.900. The molecule has 3 nitrogen and oxygen atoms in total. The van der Waals surface area contributed by atoms with Crippen LogP contribution in [0.3, 0.4) is 0 Å². The van der Waals surface area contributed by atoms with E-state index < -0.39 is 0 Å². The normalized spacial score (nSPS) is 17.8. The van der Waals surface area contributed by atoms with Gasteiger partial charge >= 0.3 is 0 Å². The molecular formula is C9H14FN3. The first-order valence-corrected chi connectivity index (χ1v) is 4.62. The van der Waals surface area contributed by atoms with Gasteiger partial charge in [-0.15, -0.1) is 0 Å². The van der Waals surface area contributed by atoms with Crippen molar-refractivity contribution in [3.63, 3.8) is 0 Å². The molecule has 0 atom stereocenters. The predicted octanol–water partition coefficient (Wildman–Crippen LogP) is 1.25. The van der Waals surface area contributed by atoms with Crippen LogP contribution in [0.2, 0.25) is 0 Å². The third-order valence-electron chi connectivity index (χ3n) is 2.58. The predicted molar refractivity (Wildman–Crippen MR) is 47.7 cm³/mol. The van der Waals surface area contributed by atoms with Crippen molar-refractivity contribution in [3.05, 3.63) is 17.7 Å². The Bertz CT molecular complexity index is 306. The minimum atomic E-state index is -0.176. The second-order valence-electron chi connectivity index (χ2n) is 3.73. The Morgan fingerprint density at radius 2 is 2.23 bits per heavy atom. The molecule has 4 heteroatoms. The number of hydrogen-bond donors (Lipinski definition) is 0. The summed E-state index contributed by atoms with van der Waals surface area (Å²) in [4.78, 5) is 2.25. The summed E-state index contributed by atoms with van der Waals surface area (Å²) >= 11 is 0. The Kier molecular flexibility index (Phi) is 2.07. The summed E-state index contributed by atoms with van der Waals surface area (Å²) < 4.78 is 14.9. The van der Waals surface area contributed by atoms with E-state index in [1.807, 2.05) is 0 Å². The topological polar surface area (TPSA) is 21.1 Å². The molecule has 1 aromatic heterocycles. The number of hydrogen-bond acceptors (Lipinski definition) is 2. The molecule has 1 aromatic rings. The summed E-state index contributed by atoms with van der Waals surface area (Å²) in [6.45, 7) is 6.71. The molecule has 2 heterocycles. The zero-order valence-corrected chi connectivity index (χ0v) is 8.00. The van der Waals surface area contributed by atoms with Gasteiger partial charge in [-0.1, -0.05) is 0 Å². The molecule has 0 bridgehead atoms. The monoisotopic (exact) mass is 183 g/mol. The van der Waals surface area contributed by atoms with Crippen LogP contribution in [0.1, 0.15) is 19.5 Å². The molecule has 72 valence electrons. The summed E-state index contributed by atoms with van der Waals surface area (Å²) in [5.41, 5.74) is 0.722. The minimum absolute atomic E-state index is 0.176. The molecule has 0 N–H and O–H groups in total. The van der Waals surface area contributed by atoms with Gasteiger partial charge in [-0.2, -0.15) is 5.10 Å². The lowest BCUT2D eigenvalue weighted by Crippen LogP contribution is -2.38. The van der Waals surface area contributed by atoms with Gasteiger partial charge in [0.1, 0.15) is 0 Å². The molecule has 1 aliphatic heterocycles. The average Bonchev–Trinajstić information content (AvgIpc) is 2.47. The van der Waals surface area contributed by atoms with E-state index in [1.165, 1.54) is 6.20 Å². The van der Waals surface area contributed by atoms with E-state index in [1.54, 1.807) is 4.68 Å². The van der Waals surface area contributed by atoms with Gasteiger partial charge in [0, 0.05) is 19.1 Å². The maximum absolute atomic E-state index is 13.2. The Morgan fingerprint density at radius 3 is 2.92 bits per heavy atom. The first-order valence-electron chi connectivity index (χ1n) is 4.62.